The average Bonchev–Trinajstić information content (AvgIpc) is 2.67. The molecule has 2 N–H and O–H groups in total. The zero-order chi connectivity index (χ0) is 17.6. The minimum Gasteiger partial charge on any atom is -0.497 e. The number of pyridine rings is 1. The van der Waals surface area contributed by atoms with Crippen molar-refractivity contribution in [3.05, 3.63) is 59.4 Å². The number of aryl methyl sites for hydroxylation is 1. The Morgan fingerprint density at radius 3 is 2.80 bits per heavy atom. The van der Waals surface area contributed by atoms with Gasteiger partial charge in [0.05, 0.1) is 18.8 Å². The van der Waals surface area contributed by atoms with Crippen LogP contribution in [0.1, 0.15) is 55.1 Å². The highest BCUT2D eigenvalue weighted by molar-refractivity contribution is 5.30. The van der Waals surface area contributed by atoms with Gasteiger partial charge in [-0.25, -0.2) is 0 Å². The van der Waals surface area contributed by atoms with Crippen LogP contribution in [0, 0.1) is 5.92 Å². The molecule has 4 heteroatoms. The van der Waals surface area contributed by atoms with Crippen molar-refractivity contribution in [3.63, 3.8) is 0 Å². The van der Waals surface area contributed by atoms with Crippen LogP contribution in [0.15, 0.2) is 42.6 Å². The van der Waals surface area contributed by atoms with E-state index in [-0.39, 0.29) is 18.7 Å². The van der Waals surface area contributed by atoms with Crippen molar-refractivity contribution < 1.29 is 9.84 Å². The first kappa shape index (κ1) is 17.9. The van der Waals surface area contributed by atoms with Gasteiger partial charge in [-0.1, -0.05) is 18.2 Å². The zero-order valence-electron chi connectivity index (χ0n) is 15.1. The van der Waals surface area contributed by atoms with E-state index in [1.165, 1.54) is 16.8 Å². The zero-order valence-corrected chi connectivity index (χ0v) is 15.1. The molecule has 3 atom stereocenters. The van der Waals surface area contributed by atoms with Crippen LogP contribution in [-0.4, -0.2) is 23.8 Å². The molecule has 134 valence electrons. The first-order valence-electron chi connectivity index (χ1n) is 9.17. The molecule has 0 bridgehead atoms. The first-order valence-corrected chi connectivity index (χ1v) is 9.17. The lowest BCUT2D eigenvalue weighted by Gasteiger charge is -2.35. The summed E-state index contributed by atoms with van der Waals surface area (Å²) in [5, 5.41) is 13.0. The summed E-state index contributed by atoms with van der Waals surface area (Å²) < 4.78 is 5.25. The number of rotatable bonds is 7. The number of benzene rings is 1. The Morgan fingerprint density at radius 2 is 2.08 bits per heavy atom. The van der Waals surface area contributed by atoms with E-state index in [1.807, 2.05) is 24.4 Å². The van der Waals surface area contributed by atoms with Crippen LogP contribution < -0.4 is 10.1 Å². The van der Waals surface area contributed by atoms with Gasteiger partial charge in [0, 0.05) is 18.8 Å². The van der Waals surface area contributed by atoms with Crippen molar-refractivity contribution in [3.8, 4) is 5.75 Å². The number of nitrogens with zero attached hydrogens (tertiary/aromatic N) is 1. The number of aliphatic hydroxyl groups excluding tert-OH is 1. The lowest BCUT2D eigenvalue weighted by atomic mass is 9.79. The van der Waals surface area contributed by atoms with Crippen LogP contribution in [-0.2, 0) is 6.42 Å². The number of fused-ring (bicyclic) bond motifs is 1. The molecule has 3 rings (SSSR count). The van der Waals surface area contributed by atoms with Crippen LogP contribution in [0.25, 0.3) is 0 Å². The van der Waals surface area contributed by atoms with Gasteiger partial charge in [0.25, 0.3) is 0 Å². The molecule has 0 spiro atoms. The van der Waals surface area contributed by atoms with E-state index < -0.39 is 0 Å². The average molecular weight is 340 g/mol. The predicted octanol–water partition coefficient (Wildman–Crippen LogP) is 3.82. The van der Waals surface area contributed by atoms with E-state index >= 15 is 0 Å². The molecular weight excluding hydrogens is 312 g/mol. The Hall–Kier alpha value is -1.91. The van der Waals surface area contributed by atoms with Crippen molar-refractivity contribution in [2.24, 2.45) is 5.92 Å². The molecule has 0 saturated carbocycles. The maximum atomic E-state index is 9.24. The van der Waals surface area contributed by atoms with Crippen LogP contribution >= 0.6 is 0 Å². The number of hydrogen-bond acceptors (Lipinski definition) is 4. The van der Waals surface area contributed by atoms with E-state index in [2.05, 4.69) is 35.4 Å². The standard InChI is InChI=1S/C21H28N2O2/c1-15(16-9-11-19(25-2)12-10-16)23-21-18(6-4-14-24)8-7-17-5-3-13-22-20(17)21/h3,5,9-13,15,18,21,23-24H,4,6-8,14H2,1-2H3/t15-,18?,21-/m0/s1. The van der Waals surface area contributed by atoms with E-state index in [9.17, 15) is 5.11 Å². The molecule has 1 heterocycles. The molecule has 0 saturated heterocycles. The summed E-state index contributed by atoms with van der Waals surface area (Å²) in [5.74, 6) is 1.39. The van der Waals surface area contributed by atoms with E-state index in [0.717, 1.165) is 31.4 Å². The van der Waals surface area contributed by atoms with Gasteiger partial charge in [-0.05, 0) is 67.9 Å². The van der Waals surface area contributed by atoms with Gasteiger partial charge in [0.15, 0.2) is 0 Å². The molecule has 1 unspecified atom stereocenters. The fourth-order valence-corrected chi connectivity index (χ4v) is 3.81. The Bertz CT molecular complexity index is 672. The molecule has 0 fully saturated rings. The van der Waals surface area contributed by atoms with Gasteiger partial charge in [0.2, 0.25) is 0 Å². The topological polar surface area (TPSA) is 54.4 Å². The maximum absolute atomic E-state index is 9.24. The highest BCUT2D eigenvalue weighted by Crippen LogP contribution is 2.37. The minimum absolute atomic E-state index is 0.223. The molecule has 1 aromatic carbocycles. The van der Waals surface area contributed by atoms with Crippen LogP contribution in [0.2, 0.25) is 0 Å². The van der Waals surface area contributed by atoms with Crippen LogP contribution in [0.5, 0.6) is 5.75 Å². The second-order valence-corrected chi connectivity index (χ2v) is 6.85. The molecule has 4 nitrogen and oxygen atoms in total. The molecule has 1 aliphatic rings. The monoisotopic (exact) mass is 340 g/mol. The van der Waals surface area contributed by atoms with Gasteiger partial charge in [-0.15, -0.1) is 0 Å². The summed E-state index contributed by atoms with van der Waals surface area (Å²) in [6.45, 7) is 2.45. The predicted molar refractivity (Wildman–Crippen MR) is 99.7 cm³/mol. The molecule has 2 aromatic rings. The van der Waals surface area contributed by atoms with E-state index in [4.69, 9.17) is 4.74 Å². The molecule has 1 aromatic heterocycles. The third-order valence-electron chi connectivity index (χ3n) is 5.25. The second-order valence-electron chi connectivity index (χ2n) is 6.85. The molecular formula is C21H28N2O2. The fourth-order valence-electron chi connectivity index (χ4n) is 3.81. The summed E-state index contributed by atoms with van der Waals surface area (Å²) in [6.07, 6.45) is 5.99. The van der Waals surface area contributed by atoms with Crippen molar-refractivity contribution in [2.45, 2.75) is 44.7 Å². The van der Waals surface area contributed by atoms with Crippen LogP contribution in [0.4, 0.5) is 0 Å². The lowest BCUT2D eigenvalue weighted by molar-refractivity contribution is 0.232. The van der Waals surface area contributed by atoms with Gasteiger partial charge in [0.1, 0.15) is 5.75 Å². The molecule has 0 amide bonds. The van der Waals surface area contributed by atoms with Gasteiger partial charge < -0.3 is 15.2 Å². The third kappa shape index (κ3) is 4.20. The normalized spacial score (nSPS) is 20.8. The summed E-state index contributed by atoms with van der Waals surface area (Å²) in [6, 6.07) is 12.9. The van der Waals surface area contributed by atoms with E-state index in [0.29, 0.717) is 5.92 Å². The number of methoxy groups -OCH3 is 1. The van der Waals surface area contributed by atoms with Gasteiger partial charge in [-0.3, -0.25) is 4.98 Å². The summed E-state index contributed by atoms with van der Waals surface area (Å²) >= 11 is 0. The quantitative estimate of drug-likeness (QED) is 0.804. The third-order valence-corrected chi connectivity index (χ3v) is 5.25. The minimum atomic E-state index is 0.223. The summed E-state index contributed by atoms with van der Waals surface area (Å²) in [7, 11) is 1.69. The number of aliphatic hydroxyl groups is 1. The number of nitrogens with one attached hydrogen (secondary N) is 1. The van der Waals surface area contributed by atoms with Crippen molar-refractivity contribution in [2.75, 3.05) is 13.7 Å². The van der Waals surface area contributed by atoms with Crippen molar-refractivity contribution >= 4 is 0 Å². The largest absolute Gasteiger partial charge is 0.497 e. The smallest absolute Gasteiger partial charge is 0.118 e. The fraction of sp³-hybridized carbons (Fsp3) is 0.476. The lowest BCUT2D eigenvalue weighted by Crippen LogP contribution is -2.35. The number of aromatic nitrogens is 1. The van der Waals surface area contributed by atoms with Crippen LogP contribution in [0.3, 0.4) is 0 Å². The van der Waals surface area contributed by atoms with Crippen molar-refractivity contribution in [1.82, 2.24) is 10.3 Å². The molecule has 0 aliphatic heterocycles. The molecule has 25 heavy (non-hydrogen) atoms. The number of ether oxygens (including phenoxy) is 1. The first-order chi connectivity index (χ1) is 12.2. The highest BCUT2D eigenvalue weighted by atomic mass is 16.5. The number of hydrogen-bond donors (Lipinski definition) is 2. The Kier molecular flexibility index (Phi) is 6.05. The Balaban J connectivity index is 1.80. The second kappa shape index (κ2) is 8.45. The van der Waals surface area contributed by atoms with Gasteiger partial charge in [-0.2, -0.15) is 0 Å². The molecule has 1 aliphatic carbocycles. The van der Waals surface area contributed by atoms with E-state index in [1.54, 1.807) is 7.11 Å². The Labute approximate surface area is 150 Å². The molecule has 0 radical (unpaired) electrons. The SMILES string of the molecule is COc1ccc([C@H](C)N[C@@H]2c3ncccc3CCC2CCCO)cc1. The summed E-state index contributed by atoms with van der Waals surface area (Å²) in [5.41, 5.74) is 3.77. The summed E-state index contributed by atoms with van der Waals surface area (Å²) in [4.78, 5) is 4.69. The van der Waals surface area contributed by atoms with Crippen molar-refractivity contribution in [1.29, 1.82) is 0 Å². The highest BCUT2D eigenvalue weighted by Gasteiger charge is 2.31. The maximum Gasteiger partial charge on any atom is 0.118 e. The Morgan fingerprint density at radius 1 is 1.28 bits per heavy atom. The van der Waals surface area contributed by atoms with Gasteiger partial charge >= 0.3 is 0 Å².